The van der Waals surface area contributed by atoms with Gasteiger partial charge >= 0.3 is 0 Å². The van der Waals surface area contributed by atoms with Crippen LogP contribution in [0.5, 0.6) is 0 Å². The minimum Gasteiger partial charge on any atom is -0.456 e. The van der Waals surface area contributed by atoms with Crippen molar-refractivity contribution in [3.05, 3.63) is 192 Å². The molecule has 0 fully saturated rings. The molecule has 1 heterocycles. The van der Waals surface area contributed by atoms with E-state index >= 15 is 0 Å². The van der Waals surface area contributed by atoms with Gasteiger partial charge in [-0.2, -0.15) is 0 Å². The van der Waals surface area contributed by atoms with Gasteiger partial charge in [0.15, 0.2) is 0 Å². The maximum atomic E-state index is 6.44. The molecule has 0 saturated heterocycles. The third-order valence-electron chi connectivity index (χ3n) is 9.61. The average molecular weight is 602 g/mol. The van der Waals surface area contributed by atoms with Crippen LogP contribution in [0.3, 0.4) is 0 Å². The highest BCUT2D eigenvalue weighted by atomic mass is 16.3. The van der Waals surface area contributed by atoms with Crippen LogP contribution < -0.4 is 4.90 Å². The first-order chi connectivity index (χ1) is 23.3. The molecular weight excluding hydrogens is 571 g/mol. The topological polar surface area (TPSA) is 16.4 Å². The quantitative estimate of drug-likeness (QED) is 0.187. The Kier molecular flexibility index (Phi) is 6.44. The van der Waals surface area contributed by atoms with Crippen LogP contribution >= 0.6 is 0 Å². The molecule has 2 aliphatic carbocycles. The maximum absolute atomic E-state index is 6.44. The van der Waals surface area contributed by atoms with E-state index in [0.717, 1.165) is 45.2 Å². The van der Waals surface area contributed by atoms with Crippen molar-refractivity contribution >= 4 is 33.3 Å². The molecule has 2 atom stereocenters. The highest BCUT2D eigenvalue weighted by Gasteiger charge is 2.44. The monoisotopic (exact) mass is 601 g/mol. The van der Waals surface area contributed by atoms with Gasteiger partial charge in [0.25, 0.3) is 0 Å². The van der Waals surface area contributed by atoms with Gasteiger partial charge in [-0.15, -0.1) is 0 Å². The van der Waals surface area contributed by atoms with Crippen LogP contribution in [0.1, 0.15) is 28.7 Å². The van der Waals surface area contributed by atoms with E-state index in [4.69, 9.17) is 4.42 Å². The molecule has 0 amide bonds. The molecule has 0 bridgehead atoms. The summed E-state index contributed by atoms with van der Waals surface area (Å²) in [5.74, 6) is 7.45. The molecule has 6 aromatic carbocycles. The van der Waals surface area contributed by atoms with Gasteiger partial charge in [0, 0.05) is 27.7 Å². The number of nitrogens with zero attached hydrogens (tertiary/aromatic N) is 1. The minimum atomic E-state index is -0.696. The second-order valence-corrected chi connectivity index (χ2v) is 12.3. The first kappa shape index (κ1) is 27.3. The fourth-order valence-corrected chi connectivity index (χ4v) is 7.47. The Morgan fingerprint density at radius 2 is 1.34 bits per heavy atom. The van der Waals surface area contributed by atoms with E-state index in [0.29, 0.717) is 0 Å². The Morgan fingerprint density at radius 3 is 2.19 bits per heavy atom. The fourth-order valence-electron chi connectivity index (χ4n) is 7.47. The van der Waals surface area contributed by atoms with Crippen LogP contribution in [0.25, 0.3) is 33.1 Å². The highest BCUT2D eigenvalue weighted by molar-refractivity contribution is 6.05. The van der Waals surface area contributed by atoms with Gasteiger partial charge in [0.05, 0.1) is 6.04 Å². The minimum absolute atomic E-state index is 0.218. The third kappa shape index (κ3) is 4.43. The molecule has 0 spiro atoms. The second-order valence-electron chi connectivity index (χ2n) is 12.3. The molecular formula is C45H31NO. The predicted octanol–water partition coefficient (Wildman–Crippen LogP) is 11.0. The number of fused-ring (bicyclic) bond motifs is 6. The number of para-hydroxylation sites is 2. The molecule has 0 radical (unpaired) electrons. The van der Waals surface area contributed by atoms with Gasteiger partial charge in [-0.05, 0) is 82.8 Å². The SMILES string of the molecule is C(#CC1(c2ccc3c(c2)oc2ccccc23)c2ccccc2-c2cc(N(c3ccccc3)C3C=CC=CC3)ccc21)c1ccccc1. The van der Waals surface area contributed by atoms with Crippen molar-refractivity contribution < 1.29 is 4.42 Å². The molecule has 0 N–H and O–H groups in total. The van der Waals surface area contributed by atoms with E-state index < -0.39 is 5.41 Å². The zero-order valence-electron chi connectivity index (χ0n) is 25.8. The summed E-state index contributed by atoms with van der Waals surface area (Å²) >= 11 is 0. The summed E-state index contributed by atoms with van der Waals surface area (Å²) < 4.78 is 6.44. The van der Waals surface area contributed by atoms with E-state index in [1.807, 2.05) is 30.3 Å². The van der Waals surface area contributed by atoms with Crippen LogP contribution in [0, 0.1) is 11.8 Å². The Bertz CT molecular complexity index is 2400. The predicted molar refractivity (Wildman–Crippen MR) is 194 cm³/mol. The number of benzene rings is 6. The Hall–Kier alpha value is -6.04. The molecule has 9 rings (SSSR count). The lowest BCUT2D eigenvalue weighted by atomic mass is 9.72. The molecule has 0 aliphatic heterocycles. The lowest BCUT2D eigenvalue weighted by molar-refractivity contribution is 0.667. The van der Waals surface area contributed by atoms with Crippen LogP contribution in [-0.2, 0) is 5.41 Å². The summed E-state index contributed by atoms with van der Waals surface area (Å²) in [6, 6.07) is 51.9. The summed E-state index contributed by atoms with van der Waals surface area (Å²) in [6.45, 7) is 0. The largest absolute Gasteiger partial charge is 0.456 e. The number of hydrogen-bond acceptors (Lipinski definition) is 2. The summed E-state index contributed by atoms with van der Waals surface area (Å²) in [7, 11) is 0. The van der Waals surface area contributed by atoms with Gasteiger partial charge in [0.2, 0.25) is 0 Å². The Morgan fingerprint density at radius 1 is 0.596 bits per heavy atom. The van der Waals surface area contributed by atoms with Crippen molar-refractivity contribution in [3.8, 4) is 23.0 Å². The molecule has 2 nitrogen and oxygen atoms in total. The van der Waals surface area contributed by atoms with Crippen LogP contribution in [0.4, 0.5) is 11.4 Å². The number of hydrogen-bond donors (Lipinski definition) is 0. The van der Waals surface area contributed by atoms with E-state index in [2.05, 4.69) is 156 Å². The zero-order valence-corrected chi connectivity index (χ0v) is 25.8. The van der Waals surface area contributed by atoms with E-state index in [1.165, 1.54) is 27.9 Å². The second kappa shape index (κ2) is 11.1. The first-order valence-electron chi connectivity index (χ1n) is 16.2. The Labute approximate surface area is 274 Å². The van der Waals surface area contributed by atoms with Gasteiger partial charge in [-0.3, -0.25) is 0 Å². The highest BCUT2D eigenvalue weighted by Crippen LogP contribution is 2.54. The normalized spacial score (nSPS) is 17.7. The molecule has 2 aliphatic rings. The number of anilines is 2. The van der Waals surface area contributed by atoms with Crippen molar-refractivity contribution in [1.82, 2.24) is 0 Å². The van der Waals surface area contributed by atoms with Crippen molar-refractivity contribution in [2.75, 3.05) is 4.90 Å². The zero-order chi connectivity index (χ0) is 31.2. The van der Waals surface area contributed by atoms with Crippen LogP contribution in [0.15, 0.2) is 174 Å². The van der Waals surface area contributed by atoms with Crippen LogP contribution in [-0.4, -0.2) is 6.04 Å². The molecule has 222 valence electrons. The van der Waals surface area contributed by atoms with Crippen molar-refractivity contribution in [1.29, 1.82) is 0 Å². The lowest BCUT2D eigenvalue weighted by Gasteiger charge is -2.33. The standard InChI is InChI=1S/C45H31NO/c1-4-14-32(15-5-1)28-29-45(33-24-26-39-38-21-11-13-23-43(38)47-44(39)30-33)41-22-12-10-20-37(41)40-31-36(25-27-42(40)45)46(34-16-6-2-7-17-34)35-18-8-3-9-19-35/h1-18,20-27,30-31,35H,19H2. The van der Waals surface area contributed by atoms with Crippen molar-refractivity contribution in [2.45, 2.75) is 17.9 Å². The molecule has 7 aromatic rings. The lowest BCUT2D eigenvalue weighted by Crippen LogP contribution is -2.30. The van der Waals surface area contributed by atoms with Crippen LogP contribution in [0.2, 0.25) is 0 Å². The molecule has 0 saturated carbocycles. The number of rotatable bonds is 4. The smallest absolute Gasteiger partial charge is 0.135 e. The Balaban J connectivity index is 1.29. The maximum Gasteiger partial charge on any atom is 0.135 e. The number of furan rings is 1. The summed E-state index contributed by atoms with van der Waals surface area (Å²) in [6.07, 6.45) is 9.79. The molecule has 1 aromatic heterocycles. The molecule has 2 heteroatoms. The van der Waals surface area contributed by atoms with Crippen molar-refractivity contribution in [3.63, 3.8) is 0 Å². The fraction of sp³-hybridized carbons (Fsp3) is 0.0667. The first-order valence-corrected chi connectivity index (χ1v) is 16.2. The van der Waals surface area contributed by atoms with E-state index in [-0.39, 0.29) is 6.04 Å². The van der Waals surface area contributed by atoms with Gasteiger partial charge < -0.3 is 9.32 Å². The summed E-state index contributed by atoms with van der Waals surface area (Å²) in [4.78, 5) is 2.46. The van der Waals surface area contributed by atoms with Gasteiger partial charge in [-0.1, -0.05) is 133 Å². The van der Waals surface area contributed by atoms with Gasteiger partial charge in [-0.25, -0.2) is 0 Å². The van der Waals surface area contributed by atoms with E-state index in [9.17, 15) is 0 Å². The van der Waals surface area contributed by atoms with Crippen molar-refractivity contribution in [2.24, 2.45) is 0 Å². The molecule has 47 heavy (non-hydrogen) atoms. The average Bonchev–Trinajstić information content (AvgIpc) is 3.65. The summed E-state index contributed by atoms with van der Waals surface area (Å²) in [5, 5.41) is 2.24. The number of allylic oxidation sites excluding steroid dienone is 2. The van der Waals surface area contributed by atoms with Gasteiger partial charge in [0.1, 0.15) is 16.6 Å². The summed E-state index contributed by atoms with van der Waals surface area (Å²) in [5.41, 5.74) is 10.3. The van der Waals surface area contributed by atoms with E-state index in [1.54, 1.807) is 0 Å². The molecule has 2 unspecified atom stereocenters. The third-order valence-corrected chi connectivity index (χ3v) is 9.61.